The van der Waals surface area contributed by atoms with Crippen molar-refractivity contribution in [2.75, 3.05) is 13.2 Å². The zero-order valence-corrected chi connectivity index (χ0v) is 11.0. The quantitative estimate of drug-likeness (QED) is 0.754. The molecule has 0 unspecified atom stereocenters. The van der Waals surface area contributed by atoms with Crippen LogP contribution in [0.4, 0.5) is 0 Å². The maximum absolute atomic E-state index is 11.7. The van der Waals surface area contributed by atoms with Gasteiger partial charge < -0.3 is 15.0 Å². The molecule has 0 aromatic carbocycles. The lowest BCUT2D eigenvalue weighted by atomic mass is 10.0. The number of rotatable bonds is 7. The lowest BCUT2D eigenvalue weighted by Crippen LogP contribution is -2.32. The van der Waals surface area contributed by atoms with Gasteiger partial charge >= 0.3 is 0 Å². The van der Waals surface area contributed by atoms with Crippen molar-refractivity contribution >= 4 is 5.91 Å². The molecule has 0 aliphatic heterocycles. The standard InChI is InChI=1S/C14H20N2O3/c17-10-7-14(5-6-14)11-15-12(18)4-9-16-8-2-1-3-13(16)19/h1-3,8,17H,4-7,9-11H2,(H,15,18). The summed E-state index contributed by atoms with van der Waals surface area (Å²) in [6, 6.07) is 4.95. The molecule has 2 N–H and O–H groups in total. The van der Waals surface area contributed by atoms with E-state index in [1.807, 2.05) is 0 Å². The predicted octanol–water partition coefficient (Wildman–Crippen LogP) is 0.517. The van der Waals surface area contributed by atoms with Gasteiger partial charge in [0.2, 0.25) is 5.91 Å². The molecule has 1 aromatic rings. The normalized spacial score (nSPS) is 16.1. The minimum Gasteiger partial charge on any atom is -0.396 e. The first-order valence-electron chi connectivity index (χ1n) is 6.68. The van der Waals surface area contributed by atoms with Crippen LogP contribution in [-0.4, -0.2) is 28.7 Å². The van der Waals surface area contributed by atoms with E-state index in [4.69, 9.17) is 5.11 Å². The molecule has 0 saturated heterocycles. The van der Waals surface area contributed by atoms with Crippen LogP contribution in [0.3, 0.4) is 0 Å². The molecule has 0 atom stereocenters. The molecule has 104 valence electrons. The summed E-state index contributed by atoms with van der Waals surface area (Å²) in [7, 11) is 0. The van der Waals surface area contributed by atoms with Crippen LogP contribution < -0.4 is 10.9 Å². The van der Waals surface area contributed by atoms with Crippen molar-refractivity contribution in [1.29, 1.82) is 0 Å². The van der Waals surface area contributed by atoms with Crippen LogP contribution in [0.1, 0.15) is 25.7 Å². The molecule has 0 spiro atoms. The molecule has 0 bridgehead atoms. The number of nitrogens with zero attached hydrogens (tertiary/aromatic N) is 1. The third kappa shape index (κ3) is 3.92. The van der Waals surface area contributed by atoms with Gasteiger partial charge in [-0.05, 0) is 30.7 Å². The molecule has 5 heteroatoms. The Morgan fingerprint density at radius 3 is 2.84 bits per heavy atom. The highest BCUT2D eigenvalue weighted by atomic mass is 16.3. The second-order valence-electron chi connectivity index (χ2n) is 5.23. The van der Waals surface area contributed by atoms with E-state index in [1.54, 1.807) is 18.3 Å². The molecule has 1 aliphatic rings. The van der Waals surface area contributed by atoms with Crippen LogP contribution in [0.5, 0.6) is 0 Å². The van der Waals surface area contributed by atoms with Crippen LogP contribution in [0.15, 0.2) is 29.2 Å². The third-order valence-electron chi connectivity index (χ3n) is 3.74. The summed E-state index contributed by atoms with van der Waals surface area (Å²) in [5, 5.41) is 11.8. The molecule has 1 amide bonds. The topological polar surface area (TPSA) is 71.3 Å². The van der Waals surface area contributed by atoms with Crippen molar-refractivity contribution in [1.82, 2.24) is 9.88 Å². The van der Waals surface area contributed by atoms with Gasteiger partial charge in [-0.3, -0.25) is 9.59 Å². The average molecular weight is 264 g/mol. The van der Waals surface area contributed by atoms with Gasteiger partial charge in [-0.15, -0.1) is 0 Å². The molecule has 19 heavy (non-hydrogen) atoms. The van der Waals surface area contributed by atoms with E-state index in [9.17, 15) is 9.59 Å². The SMILES string of the molecule is O=C(CCn1ccccc1=O)NCC1(CCO)CC1. The van der Waals surface area contributed by atoms with Crippen molar-refractivity contribution in [2.24, 2.45) is 5.41 Å². The molecule has 0 radical (unpaired) electrons. The fraction of sp³-hybridized carbons (Fsp3) is 0.571. The zero-order chi connectivity index (χ0) is 13.7. The molecule has 1 aliphatic carbocycles. The van der Waals surface area contributed by atoms with Crippen molar-refractivity contribution in [3.05, 3.63) is 34.7 Å². The van der Waals surface area contributed by atoms with Crippen LogP contribution in [0.25, 0.3) is 0 Å². The van der Waals surface area contributed by atoms with Gasteiger partial charge in [-0.2, -0.15) is 0 Å². The van der Waals surface area contributed by atoms with Crippen molar-refractivity contribution in [3.63, 3.8) is 0 Å². The van der Waals surface area contributed by atoms with Crippen LogP contribution in [0.2, 0.25) is 0 Å². The van der Waals surface area contributed by atoms with Gasteiger partial charge in [-0.25, -0.2) is 0 Å². The Kier molecular flexibility index (Phi) is 4.37. The summed E-state index contributed by atoms with van der Waals surface area (Å²) < 4.78 is 1.53. The minimum atomic E-state index is -0.0887. The molecule has 1 fully saturated rings. The predicted molar refractivity (Wildman–Crippen MR) is 71.7 cm³/mol. The van der Waals surface area contributed by atoms with Crippen LogP contribution in [0, 0.1) is 5.41 Å². The number of aliphatic hydroxyl groups is 1. The zero-order valence-electron chi connectivity index (χ0n) is 11.0. The summed E-state index contributed by atoms with van der Waals surface area (Å²) in [4.78, 5) is 23.2. The van der Waals surface area contributed by atoms with E-state index in [2.05, 4.69) is 5.32 Å². The smallest absolute Gasteiger partial charge is 0.250 e. The Balaban J connectivity index is 1.73. The van der Waals surface area contributed by atoms with E-state index >= 15 is 0 Å². The molecule has 2 rings (SSSR count). The van der Waals surface area contributed by atoms with Crippen molar-refractivity contribution in [3.8, 4) is 0 Å². The Morgan fingerprint density at radius 2 is 2.21 bits per heavy atom. The van der Waals surface area contributed by atoms with Gasteiger partial charge in [0.25, 0.3) is 5.56 Å². The van der Waals surface area contributed by atoms with Gasteiger partial charge in [0.05, 0.1) is 0 Å². The fourth-order valence-electron chi connectivity index (χ4n) is 2.17. The number of pyridine rings is 1. The summed E-state index contributed by atoms with van der Waals surface area (Å²) in [5.74, 6) is -0.0417. The minimum absolute atomic E-state index is 0.0417. The highest BCUT2D eigenvalue weighted by Gasteiger charge is 2.41. The maximum atomic E-state index is 11.7. The molecular weight excluding hydrogens is 244 g/mol. The van der Waals surface area contributed by atoms with Gasteiger partial charge in [0.15, 0.2) is 0 Å². The van der Waals surface area contributed by atoms with Crippen LogP contribution in [-0.2, 0) is 11.3 Å². The summed E-state index contributed by atoms with van der Waals surface area (Å²) in [6.45, 7) is 1.21. The summed E-state index contributed by atoms with van der Waals surface area (Å²) >= 11 is 0. The molecular formula is C14H20N2O3. The second-order valence-corrected chi connectivity index (χ2v) is 5.23. The Labute approximate surface area is 112 Å². The number of aliphatic hydroxyl groups excluding tert-OH is 1. The molecule has 5 nitrogen and oxygen atoms in total. The summed E-state index contributed by atoms with van der Waals surface area (Å²) in [5.41, 5.74) is 0.0443. The van der Waals surface area contributed by atoms with E-state index < -0.39 is 0 Å². The van der Waals surface area contributed by atoms with E-state index in [0.29, 0.717) is 19.5 Å². The van der Waals surface area contributed by atoms with Crippen molar-refractivity contribution in [2.45, 2.75) is 32.2 Å². The monoisotopic (exact) mass is 264 g/mol. The number of aromatic nitrogens is 1. The molecule has 1 heterocycles. The number of amides is 1. The maximum Gasteiger partial charge on any atom is 0.250 e. The van der Waals surface area contributed by atoms with E-state index in [1.165, 1.54) is 10.6 Å². The number of carbonyl (C=O) groups is 1. The van der Waals surface area contributed by atoms with Crippen molar-refractivity contribution < 1.29 is 9.90 Å². The lowest BCUT2D eigenvalue weighted by molar-refractivity contribution is -0.121. The first kappa shape index (κ1) is 13.8. The van der Waals surface area contributed by atoms with Gasteiger partial charge in [0, 0.05) is 38.4 Å². The number of carbonyl (C=O) groups excluding carboxylic acids is 1. The van der Waals surface area contributed by atoms with Crippen LogP contribution >= 0.6 is 0 Å². The van der Waals surface area contributed by atoms with E-state index in [-0.39, 0.29) is 23.5 Å². The van der Waals surface area contributed by atoms with E-state index in [0.717, 1.165) is 19.3 Å². The largest absolute Gasteiger partial charge is 0.396 e. The number of hydrogen-bond acceptors (Lipinski definition) is 3. The third-order valence-corrected chi connectivity index (χ3v) is 3.74. The average Bonchev–Trinajstić information content (AvgIpc) is 3.16. The molecule has 1 saturated carbocycles. The highest BCUT2D eigenvalue weighted by Crippen LogP contribution is 2.47. The van der Waals surface area contributed by atoms with Gasteiger partial charge in [0.1, 0.15) is 0 Å². The Bertz CT molecular complexity index is 491. The fourth-order valence-corrected chi connectivity index (χ4v) is 2.17. The summed E-state index contributed by atoms with van der Waals surface area (Å²) in [6.07, 6.45) is 4.90. The number of aryl methyl sites for hydroxylation is 1. The highest BCUT2D eigenvalue weighted by molar-refractivity contribution is 5.75. The molecule has 1 aromatic heterocycles. The second kappa shape index (κ2) is 6.02. The first-order chi connectivity index (χ1) is 9.15. The number of nitrogens with one attached hydrogen (secondary N) is 1. The number of hydrogen-bond donors (Lipinski definition) is 2. The Hall–Kier alpha value is -1.62. The first-order valence-corrected chi connectivity index (χ1v) is 6.68. The Morgan fingerprint density at radius 1 is 1.42 bits per heavy atom. The lowest BCUT2D eigenvalue weighted by Gasteiger charge is -2.14. The van der Waals surface area contributed by atoms with Gasteiger partial charge in [-0.1, -0.05) is 6.07 Å².